The normalized spacial score (nSPS) is 16.5. The van der Waals surface area contributed by atoms with Crippen molar-refractivity contribution in [2.75, 3.05) is 19.0 Å². The Bertz CT molecular complexity index is 747. The number of anilines is 1. The van der Waals surface area contributed by atoms with E-state index in [1.54, 1.807) is 37.5 Å². The summed E-state index contributed by atoms with van der Waals surface area (Å²) in [6.45, 7) is 2.85. The zero-order chi connectivity index (χ0) is 22.7. The van der Waals surface area contributed by atoms with E-state index >= 15 is 0 Å². The van der Waals surface area contributed by atoms with Crippen LogP contribution >= 0.6 is 0 Å². The average Bonchev–Trinajstić information content (AvgIpc) is 2.64. The Balaban J connectivity index is 0.000000553. The molecule has 1 heterocycles. The van der Waals surface area contributed by atoms with E-state index in [1.165, 1.54) is 6.08 Å². The molecule has 0 aromatic heterocycles. The average molecular weight is 431 g/mol. The Morgan fingerprint density at radius 1 is 1.30 bits per heavy atom. The van der Waals surface area contributed by atoms with E-state index in [-0.39, 0.29) is 23.9 Å². The first kappa shape index (κ1) is 25.0. The minimum absolute atomic E-state index is 0.0108. The topological polar surface area (TPSA) is 117 Å². The number of alkyl halides is 3. The number of amides is 2. The fourth-order valence-corrected chi connectivity index (χ4v) is 2.14. The standard InChI is InChI=1S/C17H23N3O3.C2HF3O2/c1-3-12(20-17(22)15-10-11-18-15)6-9-16(21)19-13-4-7-14(23-2)8-5-13;3-2(4,5)1(6)7/h4-9,12,15,18H,3,10-11H2,1-2H3,(H,19,21)(H,20,22);(H,6,7)/b9-6+;/t12-,15-;/m0./s1. The first-order valence-electron chi connectivity index (χ1n) is 9.04. The van der Waals surface area contributed by atoms with Gasteiger partial charge in [0.15, 0.2) is 0 Å². The smallest absolute Gasteiger partial charge is 0.490 e. The quantitative estimate of drug-likeness (QED) is 0.491. The van der Waals surface area contributed by atoms with Gasteiger partial charge in [-0.25, -0.2) is 4.79 Å². The number of carboxylic acid groups (broad SMARTS) is 1. The number of aliphatic carboxylic acids is 1. The van der Waals surface area contributed by atoms with E-state index in [0.29, 0.717) is 5.69 Å². The maximum atomic E-state index is 11.9. The number of hydrogen-bond acceptors (Lipinski definition) is 5. The summed E-state index contributed by atoms with van der Waals surface area (Å²) in [5.74, 6) is -2.27. The number of ether oxygens (including phenoxy) is 1. The number of methoxy groups -OCH3 is 1. The molecular weight excluding hydrogens is 407 g/mol. The fraction of sp³-hybridized carbons (Fsp3) is 0.421. The highest BCUT2D eigenvalue weighted by atomic mass is 19.4. The van der Waals surface area contributed by atoms with E-state index < -0.39 is 12.1 Å². The molecule has 0 bridgehead atoms. The molecule has 1 aromatic rings. The fourth-order valence-electron chi connectivity index (χ4n) is 2.14. The second-order valence-corrected chi connectivity index (χ2v) is 6.20. The van der Waals surface area contributed by atoms with Gasteiger partial charge in [0, 0.05) is 17.8 Å². The Kier molecular flexibility index (Phi) is 9.82. The van der Waals surface area contributed by atoms with Crippen LogP contribution in [0.3, 0.4) is 0 Å². The lowest BCUT2D eigenvalue weighted by atomic mass is 10.1. The number of rotatable bonds is 7. The molecule has 1 aliphatic heterocycles. The van der Waals surface area contributed by atoms with Crippen LogP contribution in [-0.4, -0.2) is 54.8 Å². The van der Waals surface area contributed by atoms with Gasteiger partial charge in [0.1, 0.15) is 5.75 Å². The van der Waals surface area contributed by atoms with Gasteiger partial charge in [-0.05, 0) is 43.7 Å². The SMILES string of the molecule is CC[C@@H](/C=C/C(=O)Nc1ccc(OC)cc1)NC(=O)[C@@H]1CCN1.O=C(O)C(F)(F)F. The molecule has 0 aliphatic carbocycles. The highest BCUT2D eigenvalue weighted by Crippen LogP contribution is 2.15. The van der Waals surface area contributed by atoms with Crippen LogP contribution in [-0.2, 0) is 14.4 Å². The Morgan fingerprint density at radius 3 is 2.27 bits per heavy atom. The Labute approximate surface area is 171 Å². The van der Waals surface area contributed by atoms with Crippen LogP contribution in [0, 0.1) is 0 Å². The number of carbonyl (C=O) groups is 3. The van der Waals surface area contributed by atoms with Crippen molar-refractivity contribution in [3.63, 3.8) is 0 Å². The van der Waals surface area contributed by atoms with Crippen molar-refractivity contribution in [3.05, 3.63) is 36.4 Å². The molecule has 8 nitrogen and oxygen atoms in total. The molecule has 2 rings (SSSR count). The van der Waals surface area contributed by atoms with Crippen LogP contribution in [0.15, 0.2) is 36.4 Å². The molecule has 11 heteroatoms. The molecule has 2 atom stereocenters. The first-order valence-corrected chi connectivity index (χ1v) is 9.04. The van der Waals surface area contributed by atoms with Gasteiger partial charge in [0.25, 0.3) is 0 Å². The number of carboxylic acids is 1. The highest BCUT2D eigenvalue weighted by Gasteiger charge is 2.38. The second kappa shape index (κ2) is 11.8. The van der Waals surface area contributed by atoms with Gasteiger partial charge in [-0.3, -0.25) is 9.59 Å². The predicted octanol–water partition coefficient (Wildman–Crippen LogP) is 2.08. The highest BCUT2D eigenvalue weighted by molar-refractivity contribution is 5.99. The van der Waals surface area contributed by atoms with Gasteiger partial charge in [0.05, 0.1) is 13.2 Å². The van der Waals surface area contributed by atoms with E-state index in [0.717, 1.165) is 25.1 Å². The monoisotopic (exact) mass is 431 g/mol. The van der Waals surface area contributed by atoms with E-state index in [9.17, 15) is 22.8 Å². The zero-order valence-electron chi connectivity index (χ0n) is 16.5. The van der Waals surface area contributed by atoms with Gasteiger partial charge in [-0.1, -0.05) is 13.0 Å². The summed E-state index contributed by atoms with van der Waals surface area (Å²) in [5, 5.41) is 15.9. The van der Waals surface area contributed by atoms with Crippen molar-refractivity contribution in [3.8, 4) is 5.75 Å². The van der Waals surface area contributed by atoms with Gasteiger partial charge in [-0.2, -0.15) is 13.2 Å². The maximum absolute atomic E-state index is 11.9. The van der Waals surface area contributed by atoms with Gasteiger partial charge in [0.2, 0.25) is 11.8 Å². The van der Waals surface area contributed by atoms with Crippen LogP contribution in [0.25, 0.3) is 0 Å². The number of halogens is 3. The van der Waals surface area contributed by atoms with Crippen LogP contribution < -0.4 is 20.7 Å². The minimum atomic E-state index is -5.08. The van der Waals surface area contributed by atoms with Crippen LogP contribution in [0.1, 0.15) is 19.8 Å². The molecule has 30 heavy (non-hydrogen) atoms. The number of hydrogen-bond donors (Lipinski definition) is 4. The molecule has 1 aliphatic rings. The van der Waals surface area contributed by atoms with E-state index in [4.69, 9.17) is 14.6 Å². The van der Waals surface area contributed by atoms with Crippen molar-refractivity contribution in [2.24, 2.45) is 0 Å². The first-order chi connectivity index (χ1) is 14.1. The molecule has 0 unspecified atom stereocenters. The lowest BCUT2D eigenvalue weighted by molar-refractivity contribution is -0.192. The van der Waals surface area contributed by atoms with Gasteiger partial charge >= 0.3 is 12.1 Å². The summed E-state index contributed by atoms with van der Waals surface area (Å²) in [7, 11) is 1.59. The van der Waals surface area contributed by atoms with Crippen molar-refractivity contribution >= 4 is 23.5 Å². The molecule has 4 N–H and O–H groups in total. The molecule has 0 radical (unpaired) electrons. The third kappa shape index (κ3) is 8.95. The zero-order valence-corrected chi connectivity index (χ0v) is 16.5. The number of nitrogens with one attached hydrogen (secondary N) is 3. The molecular formula is C19H24F3N3O5. The Morgan fingerprint density at radius 2 is 1.87 bits per heavy atom. The molecule has 0 saturated carbocycles. The molecule has 1 fully saturated rings. The maximum Gasteiger partial charge on any atom is 0.490 e. The third-order valence-electron chi connectivity index (χ3n) is 3.99. The Hall–Kier alpha value is -3.08. The van der Waals surface area contributed by atoms with Crippen molar-refractivity contribution in [2.45, 2.75) is 38.0 Å². The summed E-state index contributed by atoms with van der Waals surface area (Å²) >= 11 is 0. The lowest BCUT2D eigenvalue weighted by Gasteiger charge is -2.27. The van der Waals surface area contributed by atoms with Gasteiger partial charge < -0.3 is 25.8 Å². The number of benzene rings is 1. The van der Waals surface area contributed by atoms with Crippen LogP contribution in [0.4, 0.5) is 18.9 Å². The summed E-state index contributed by atoms with van der Waals surface area (Å²) in [6, 6.07) is 6.86. The number of carbonyl (C=O) groups excluding carboxylic acids is 2. The van der Waals surface area contributed by atoms with Crippen molar-refractivity contribution in [1.82, 2.24) is 10.6 Å². The molecule has 0 spiro atoms. The van der Waals surface area contributed by atoms with Crippen molar-refractivity contribution < 1.29 is 37.4 Å². The molecule has 166 valence electrons. The molecule has 2 amide bonds. The van der Waals surface area contributed by atoms with E-state index in [2.05, 4.69) is 16.0 Å². The van der Waals surface area contributed by atoms with Crippen LogP contribution in [0.5, 0.6) is 5.75 Å². The van der Waals surface area contributed by atoms with Crippen molar-refractivity contribution in [1.29, 1.82) is 0 Å². The van der Waals surface area contributed by atoms with Gasteiger partial charge in [-0.15, -0.1) is 0 Å². The summed E-state index contributed by atoms with van der Waals surface area (Å²) in [4.78, 5) is 32.7. The predicted molar refractivity (Wildman–Crippen MR) is 103 cm³/mol. The lowest BCUT2D eigenvalue weighted by Crippen LogP contribution is -2.54. The largest absolute Gasteiger partial charge is 0.497 e. The second-order valence-electron chi connectivity index (χ2n) is 6.20. The molecule has 1 aromatic carbocycles. The van der Waals surface area contributed by atoms with Crippen LogP contribution in [0.2, 0.25) is 0 Å². The van der Waals surface area contributed by atoms with E-state index in [1.807, 2.05) is 6.92 Å². The summed E-state index contributed by atoms with van der Waals surface area (Å²) < 4.78 is 36.8. The molecule has 1 saturated heterocycles. The summed E-state index contributed by atoms with van der Waals surface area (Å²) in [6.07, 6.45) is -0.322. The summed E-state index contributed by atoms with van der Waals surface area (Å²) in [5.41, 5.74) is 0.691. The minimum Gasteiger partial charge on any atom is -0.497 e. The third-order valence-corrected chi connectivity index (χ3v) is 3.99.